The average molecular weight is 303 g/mol. The molecule has 22 heavy (non-hydrogen) atoms. The first-order valence-electron chi connectivity index (χ1n) is 6.99. The smallest absolute Gasteiger partial charge is 0.255 e. The van der Waals surface area contributed by atoms with Crippen molar-refractivity contribution >= 4 is 5.91 Å². The Morgan fingerprint density at radius 2 is 1.91 bits per heavy atom. The molecular formula is C17H18FNO3. The van der Waals surface area contributed by atoms with Gasteiger partial charge in [0.05, 0.1) is 11.7 Å². The summed E-state index contributed by atoms with van der Waals surface area (Å²) < 4.78 is 12.9. The third-order valence-electron chi connectivity index (χ3n) is 3.34. The van der Waals surface area contributed by atoms with Gasteiger partial charge >= 0.3 is 0 Å². The number of aromatic hydroxyl groups is 1. The highest BCUT2D eigenvalue weighted by molar-refractivity contribution is 5.96. The molecule has 2 rings (SSSR count). The molecule has 0 aromatic heterocycles. The molecule has 1 amide bonds. The van der Waals surface area contributed by atoms with Crippen molar-refractivity contribution in [1.29, 1.82) is 0 Å². The Balaban J connectivity index is 1.96. The largest absolute Gasteiger partial charge is 0.507 e. The maximum Gasteiger partial charge on any atom is 0.255 e. The second-order valence-electron chi connectivity index (χ2n) is 5.20. The average Bonchev–Trinajstić information content (AvgIpc) is 2.47. The zero-order valence-corrected chi connectivity index (χ0v) is 12.2. The Kier molecular flexibility index (Phi) is 5.12. The molecule has 0 radical (unpaired) electrons. The summed E-state index contributed by atoms with van der Waals surface area (Å²) in [6.45, 7) is 1.75. The fourth-order valence-electron chi connectivity index (χ4n) is 2.20. The van der Waals surface area contributed by atoms with E-state index in [0.29, 0.717) is 6.42 Å². The van der Waals surface area contributed by atoms with Crippen LogP contribution in [-0.4, -0.2) is 22.2 Å². The van der Waals surface area contributed by atoms with Crippen LogP contribution in [0.5, 0.6) is 5.75 Å². The molecule has 0 saturated carbocycles. The highest BCUT2D eigenvalue weighted by Crippen LogP contribution is 2.20. The lowest BCUT2D eigenvalue weighted by molar-refractivity contribution is 0.0914. The molecule has 0 spiro atoms. The molecule has 2 aromatic carbocycles. The summed E-state index contributed by atoms with van der Waals surface area (Å²) in [5, 5.41) is 22.4. The van der Waals surface area contributed by atoms with E-state index in [-0.39, 0.29) is 11.6 Å². The third-order valence-corrected chi connectivity index (χ3v) is 3.34. The zero-order chi connectivity index (χ0) is 16.1. The van der Waals surface area contributed by atoms with Gasteiger partial charge in [0, 0.05) is 12.1 Å². The van der Waals surface area contributed by atoms with Crippen molar-refractivity contribution in [3.05, 3.63) is 65.5 Å². The molecule has 0 bridgehead atoms. The maximum atomic E-state index is 12.9. The van der Waals surface area contributed by atoms with Gasteiger partial charge in [-0.25, -0.2) is 4.39 Å². The van der Waals surface area contributed by atoms with Crippen LogP contribution in [0.25, 0.3) is 0 Å². The molecule has 0 fully saturated rings. The van der Waals surface area contributed by atoms with Gasteiger partial charge in [0.25, 0.3) is 5.91 Å². The summed E-state index contributed by atoms with van der Waals surface area (Å²) >= 11 is 0. The lowest BCUT2D eigenvalue weighted by Crippen LogP contribution is -2.33. The number of aliphatic hydroxyl groups is 1. The lowest BCUT2D eigenvalue weighted by Gasteiger charge is -2.18. The number of rotatable bonds is 5. The van der Waals surface area contributed by atoms with E-state index in [1.807, 2.05) is 30.3 Å². The molecule has 5 heteroatoms. The molecule has 116 valence electrons. The Labute approximate surface area is 128 Å². The lowest BCUT2D eigenvalue weighted by atomic mass is 10.0. The first-order valence-corrected chi connectivity index (χ1v) is 6.99. The first-order chi connectivity index (χ1) is 10.5. The van der Waals surface area contributed by atoms with E-state index in [1.54, 1.807) is 6.92 Å². The number of amides is 1. The van der Waals surface area contributed by atoms with E-state index in [4.69, 9.17) is 0 Å². The number of halogens is 1. The van der Waals surface area contributed by atoms with Crippen molar-refractivity contribution in [3.63, 3.8) is 0 Å². The number of nitrogens with one attached hydrogen (secondary N) is 1. The molecule has 3 N–H and O–H groups in total. The zero-order valence-electron chi connectivity index (χ0n) is 12.2. The normalized spacial score (nSPS) is 13.4. The summed E-state index contributed by atoms with van der Waals surface area (Å²) in [4.78, 5) is 12.0. The van der Waals surface area contributed by atoms with Gasteiger partial charge in [-0.2, -0.15) is 0 Å². The SMILES string of the molecule is CC(CC(O)c1ccccc1)NC(=O)c1ccc(F)cc1O. The Bertz CT molecular complexity index is 646. The number of carbonyl (C=O) groups is 1. The van der Waals surface area contributed by atoms with Crippen molar-refractivity contribution < 1.29 is 19.4 Å². The van der Waals surface area contributed by atoms with E-state index >= 15 is 0 Å². The van der Waals surface area contributed by atoms with Crippen LogP contribution in [0.1, 0.15) is 35.4 Å². The Morgan fingerprint density at radius 1 is 1.23 bits per heavy atom. The van der Waals surface area contributed by atoms with Crippen LogP contribution >= 0.6 is 0 Å². The molecule has 0 aliphatic carbocycles. The van der Waals surface area contributed by atoms with Crippen LogP contribution < -0.4 is 5.32 Å². The molecule has 0 aliphatic heterocycles. The van der Waals surface area contributed by atoms with Gasteiger partial charge in [-0.15, -0.1) is 0 Å². The van der Waals surface area contributed by atoms with Crippen molar-refractivity contribution in [2.45, 2.75) is 25.5 Å². The number of benzene rings is 2. The first kappa shape index (κ1) is 16.0. The summed E-state index contributed by atoms with van der Waals surface area (Å²) in [6.07, 6.45) is -0.365. The highest BCUT2D eigenvalue weighted by atomic mass is 19.1. The summed E-state index contributed by atoms with van der Waals surface area (Å²) in [5.74, 6) is -1.53. The number of aliphatic hydroxyl groups excluding tert-OH is 1. The molecule has 2 aromatic rings. The number of carbonyl (C=O) groups excluding carboxylic acids is 1. The molecule has 0 saturated heterocycles. The van der Waals surface area contributed by atoms with Gasteiger partial charge < -0.3 is 15.5 Å². The minimum atomic E-state index is -0.696. The molecule has 2 atom stereocenters. The van der Waals surface area contributed by atoms with Gasteiger partial charge in [0.1, 0.15) is 11.6 Å². The van der Waals surface area contributed by atoms with Gasteiger partial charge in [-0.3, -0.25) is 4.79 Å². The maximum absolute atomic E-state index is 12.9. The van der Waals surface area contributed by atoms with Crippen LogP contribution in [0, 0.1) is 5.82 Å². The Hall–Kier alpha value is -2.40. The van der Waals surface area contributed by atoms with Gasteiger partial charge in [0.2, 0.25) is 0 Å². The van der Waals surface area contributed by atoms with Crippen LogP contribution in [0.15, 0.2) is 48.5 Å². The monoisotopic (exact) mass is 303 g/mol. The quantitative estimate of drug-likeness (QED) is 0.795. The fraction of sp³-hybridized carbons (Fsp3) is 0.235. The summed E-state index contributed by atoms with van der Waals surface area (Å²) in [7, 11) is 0. The fourth-order valence-corrected chi connectivity index (χ4v) is 2.20. The minimum Gasteiger partial charge on any atom is -0.507 e. The number of hydrogen-bond acceptors (Lipinski definition) is 3. The van der Waals surface area contributed by atoms with E-state index in [0.717, 1.165) is 17.7 Å². The summed E-state index contributed by atoms with van der Waals surface area (Å²) in [6, 6.07) is 12.1. The predicted molar refractivity (Wildman–Crippen MR) is 81.0 cm³/mol. The predicted octanol–water partition coefficient (Wildman–Crippen LogP) is 2.77. The van der Waals surface area contributed by atoms with E-state index in [9.17, 15) is 19.4 Å². The second kappa shape index (κ2) is 7.04. The molecular weight excluding hydrogens is 285 g/mol. The standard InChI is InChI=1S/C17H18FNO3/c1-11(9-15(20)12-5-3-2-4-6-12)19-17(22)14-8-7-13(18)10-16(14)21/h2-8,10-11,15,20-21H,9H2,1H3,(H,19,22). The number of phenols is 1. The van der Waals surface area contributed by atoms with E-state index < -0.39 is 23.6 Å². The van der Waals surface area contributed by atoms with E-state index in [1.165, 1.54) is 6.07 Å². The third kappa shape index (κ3) is 4.05. The number of hydrogen-bond donors (Lipinski definition) is 3. The molecule has 0 aliphatic rings. The molecule has 0 heterocycles. The van der Waals surface area contributed by atoms with Gasteiger partial charge in [0.15, 0.2) is 0 Å². The summed E-state index contributed by atoms with van der Waals surface area (Å²) in [5.41, 5.74) is 0.774. The molecule has 4 nitrogen and oxygen atoms in total. The topological polar surface area (TPSA) is 69.6 Å². The minimum absolute atomic E-state index is 0.00227. The van der Waals surface area contributed by atoms with Crippen molar-refractivity contribution in [3.8, 4) is 5.75 Å². The van der Waals surface area contributed by atoms with Crippen LogP contribution in [0.2, 0.25) is 0 Å². The number of phenolic OH excluding ortho intramolecular Hbond substituents is 1. The van der Waals surface area contributed by atoms with Crippen molar-refractivity contribution in [2.24, 2.45) is 0 Å². The second-order valence-corrected chi connectivity index (χ2v) is 5.20. The molecule has 2 unspecified atom stereocenters. The van der Waals surface area contributed by atoms with Crippen molar-refractivity contribution in [2.75, 3.05) is 0 Å². The van der Waals surface area contributed by atoms with Crippen LogP contribution in [0.3, 0.4) is 0 Å². The van der Waals surface area contributed by atoms with Crippen LogP contribution in [0.4, 0.5) is 4.39 Å². The van der Waals surface area contributed by atoms with Gasteiger partial charge in [-0.05, 0) is 31.0 Å². The van der Waals surface area contributed by atoms with E-state index in [2.05, 4.69) is 5.32 Å². The Morgan fingerprint density at radius 3 is 2.55 bits per heavy atom. The highest BCUT2D eigenvalue weighted by Gasteiger charge is 2.17. The van der Waals surface area contributed by atoms with Crippen molar-refractivity contribution in [1.82, 2.24) is 5.32 Å². The van der Waals surface area contributed by atoms with Gasteiger partial charge in [-0.1, -0.05) is 30.3 Å². The van der Waals surface area contributed by atoms with Crippen LogP contribution in [-0.2, 0) is 0 Å².